The third-order valence-electron chi connectivity index (χ3n) is 10.3. The third-order valence-corrected chi connectivity index (χ3v) is 10.3. The second kappa shape index (κ2) is 14.8. The largest absolute Gasteiger partial charge is 0.497 e. The Morgan fingerprint density at radius 1 is 0.918 bits per heavy atom. The summed E-state index contributed by atoms with van der Waals surface area (Å²) in [4.78, 5) is 26.6. The van der Waals surface area contributed by atoms with Gasteiger partial charge in [-0.3, -0.25) is 0 Å². The molecular weight excluding hydrogens is 614 g/mol. The Morgan fingerprint density at radius 3 is 2.53 bits per heavy atom. The molecule has 3 aliphatic heterocycles. The summed E-state index contributed by atoms with van der Waals surface area (Å²) in [7, 11) is 5.48. The predicted octanol–water partition coefficient (Wildman–Crippen LogP) is 6.33. The second-order valence-electron chi connectivity index (χ2n) is 13.4. The number of likely N-dealkylation sites (N-methyl/N-ethyl adjacent to an activating group) is 1. The molecule has 0 unspecified atom stereocenters. The molecule has 49 heavy (non-hydrogen) atoms. The van der Waals surface area contributed by atoms with E-state index in [0.29, 0.717) is 25.2 Å². The summed E-state index contributed by atoms with van der Waals surface area (Å²) in [6, 6.07) is 22.9. The molecule has 1 atom stereocenters. The Morgan fingerprint density at radius 2 is 1.76 bits per heavy atom. The first-order chi connectivity index (χ1) is 24.0. The molecule has 0 N–H and O–H groups in total. The molecule has 7 rings (SSSR count). The maximum Gasteiger partial charge on any atom is 0.318 e. The lowest BCUT2D eigenvalue weighted by atomic mass is 9.99. The van der Waals surface area contributed by atoms with Crippen molar-refractivity contribution >= 4 is 28.3 Å². The maximum absolute atomic E-state index is 6.37. The van der Waals surface area contributed by atoms with Crippen LogP contribution in [-0.4, -0.2) is 87.0 Å². The summed E-state index contributed by atoms with van der Waals surface area (Å²) in [5.41, 5.74) is 5.85. The van der Waals surface area contributed by atoms with Crippen LogP contribution in [0.4, 0.5) is 11.5 Å². The van der Waals surface area contributed by atoms with E-state index in [1.165, 1.54) is 34.0 Å². The first-order valence-corrected chi connectivity index (χ1v) is 17.5. The molecule has 10 heteroatoms. The van der Waals surface area contributed by atoms with Gasteiger partial charge in [0.25, 0.3) is 0 Å². The molecule has 0 aliphatic carbocycles. The lowest BCUT2D eigenvalue weighted by Gasteiger charge is -2.36. The van der Waals surface area contributed by atoms with E-state index < -0.39 is 0 Å². The summed E-state index contributed by atoms with van der Waals surface area (Å²) in [6.45, 7) is 7.76. The van der Waals surface area contributed by atoms with E-state index in [1.807, 2.05) is 18.2 Å². The van der Waals surface area contributed by atoms with Crippen molar-refractivity contribution in [3.05, 3.63) is 77.0 Å². The number of benzene rings is 3. The van der Waals surface area contributed by atoms with E-state index in [9.17, 15) is 0 Å². The van der Waals surface area contributed by atoms with Gasteiger partial charge in [-0.05, 0) is 81.8 Å². The van der Waals surface area contributed by atoms with Crippen molar-refractivity contribution in [3.8, 4) is 17.5 Å². The zero-order valence-corrected chi connectivity index (χ0v) is 29.2. The fraction of sp³-hybridized carbons (Fsp3) is 0.462. The van der Waals surface area contributed by atoms with Crippen molar-refractivity contribution in [2.75, 3.05) is 63.9 Å². The van der Waals surface area contributed by atoms with Crippen molar-refractivity contribution in [2.24, 2.45) is 9.98 Å². The first kappa shape index (κ1) is 32.9. The van der Waals surface area contributed by atoms with Gasteiger partial charge < -0.3 is 28.9 Å². The summed E-state index contributed by atoms with van der Waals surface area (Å²) >= 11 is 0. The molecule has 1 aromatic heterocycles. The maximum atomic E-state index is 6.37. The number of piperidine rings is 1. The van der Waals surface area contributed by atoms with Gasteiger partial charge in [-0.15, -0.1) is 0 Å². The lowest BCUT2D eigenvalue weighted by molar-refractivity contribution is 0.187. The van der Waals surface area contributed by atoms with E-state index >= 15 is 0 Å². The highest BCUT2D eigenvalue weighted by molar-refractivity contribution is 5.97. The SMILES string of the molecule is COc1ccc(CN=C=NC2CCN(c3nc(OC[C@@H]4CCCN4C)nc4c3CCN(c3cccc5cccc(C)c35)C4)CC2)c(OC)c1. The summed E-state index contributed by atoms with van der Waals surface area (Å²) in [5, 5.41) is 2.59. The molecule has 4 heterocycles. The van der Waals surface area contributed by atoms with Gasteiger partial charge in [-0.2, -0.15) is 9.97 Å². The van der Waals surface area contributed by atoms with Gasteiger partial charge in [0.05, 0.1) is 45.1 Å². The standard InChI is InChI=1S/C39H47N7O3/c1-27-8-5-9-28-10-6-12-35(37(27)28)46-21-17-33-34(24-46)42-39(49-25-31-11-7-18-44(31)2)43-38(33)45-19-15-30(16-20-45)41-26-40-23-29-13-14-32(47-3)22-36(29)48-4/h5-6,8-10,12-14,22,30-31H,7,11,15-21,23-25H2,1-4H3/t31-/m0/s1. The molecule has 0 saturated carbocycles. The van der Waals surface area contributed by atoms with Crippen LogP contribution in [-0.2, 0) is 19.5 Å². The number of anilines is 2. The number of methoxy groups -OCH3 is 2. The van der Waals surface area contributed by atoms with Gasteiger partial charge in [0.15, 0.2) is 0 Å². The monoisotopic (exact) mass is 661 g/mol. The summed E-state index contributed by atoms with van der Waals surface area (Å²) in [5.74, 6) is 2.53. The zero-order valence-electron chi connectivity index (χ0n) is 29.2. The highest BCUT2D eigenvalue weighted by atomic mass is 16.5. The van der Waals surface area contributed by atoms with E-state index in [4.69, 9.17) is 29.2 Å². The minimum Gasteiger partial charge on any atom is -0.497 e. The molecule has 0 amide bonds. The molecule has 2 fully saturated rings. The topological polar surface area (TPSA) is 87.9 Å². The Labute approximate surface area is 289 Å². The molecule has 10 nitrogen and oxygen atoms in total. The van der Waals surface area contributed by atoms with Crippen molar-refractivity contribution in [1.29, 1.82) is 0 Å². The van der Waals surface area contributed by atoms with Crippen molar-refractivity contribution in [3.63, 3.8) is 0 Å². The summed E-state index contributed by atoms with van der Waals surface area (Å²) < 4.78 is 17.2. The number of ether oxygens (including phenoxy) is 3. The van der Waals surface area contributed by atoms with Crippen LogP contribution < -0.4 is 24.0 Å². The van der Waals surface area contributed by atoms with Gasteiger partial charge >= 0.3 is 6.01 Å². The smallest absolute Gasteiger partial charge is 0.318 e. The molecule has 0 spiro atoms. The number of aliphatic imine (C=N–C) groups is 2. The van der Waals surface area contributed by atoms with Crippen molar-refractivity contribution in [1.82, 2.24) is 14.9 Å². The van der Waals surface area contributed by atoms with Gasteiger partial charge in [-0.25, -0.2) is 9.98 Å². The van der Waals surface area contributed by atoms with Crippen LogP contribution >= 0.6 is 0 Å². The fourth-order valence-electron chi connectivity index (χ4n) is 7.48. The highest BCUT2D eigenvalue weighted by Gasteiger charge is 2.29. The van der Waals surface area contributed by atoms with Crippen molar-refractivity contribution < 1.29 is 14.2 Å². The average molecular weight is 662 g/mol. The van der Waals surface area contributed by atoms with Gasteiger partial charge in [-0.1, -0.05) is 30.3 Å². The molecule has 3 aromatic carbocycles. The molecule has 3 aliphatic rings. The Hall–Kier alpha value is -4.66. The van der Waals surface area contributed by atoms with Crippen LogP contribution in [0.2, 0.25) is 0 Å². The molecular formula is C39H47N7O3. The average Bonchev–Trinajstić information content (AvgIpc) is 3.56. The number of fused-ring (bicyclic) bond motifs is 2. The van der Waals surface area contributed by atoms with E-state index in [-0.39, 0.29) is 6.04 Å². The predicted molar refractivity (Wildman–Crippen MR) is 195 cm³/mol. The normalized spacial score (nSPS) is 18.2. The fourth-order valence-corrected chi connectivity index (χ4v) is 7.48. The number of hydrogen-bond donors (Lipinski definition) is 0. The molecule has 256 valence electrons. The van der Waals surface area contributed by atoms with E-state index in [2.05, 4.69) is 76.1 Å². The van der Waals surface area contributed by atoms with Gasteiger partial charge in [0, 0.05) is 53.9 Å². The van der Waals surface area contributed by atoms with Crippen molar-refractivity contribution in [2.45, 2.75) is 64.2 Å². The Kier molecular flexibility index (Phi) is 9.96. The van der Waals surface area contributed by atoms with Crippen LogP contribution in [0.5, 0.6) is 17.5 Å². The second-order valence-corrected chi connectivity index (χ2v) is 13.4. The van der Waals surface area contributed by atoms with Gasteiger partial charge in [0.2, 0.25) is 0 Å². The van der Waals surface area contributed by atoms with Crippen LogP contribution in [0.25, 0.3) is 10.8 Å². The van der Waals surface area contributed by atoms with Crippen LogP contribution in [0, 0.1) is 6.92 Å². The van der Waals surface area contributed by atoms with Gasteiger partial charge in [0.1, 0.15) is 23.9 Å². The minimum absolute atomic E-state index is 0.175. The lowest BCUT2D eigenvalue weighted by Crippen LogP contribution is -2.39. The third kappa shape index (κ3) is 7.21. The van der Waals surface area contributed by atoms with Crippen LogP contribution in [0.15, 0.2) is 64.6 Å². The molecule has 4 aromatic rings. The minimum atomic E-state index is 0.175. The zero-order chi connectivity index (χ0) is 33.7. The number of nitrogens with zero attached hydrogens (tertiary/aromatic N) is 7. The number of hydrogen-bond acceptors (Lipinski definition) is 10. The highest BCUT2D eigenvalue weighted by Crippen LogP contribution is 2.36. The number of aryl methyl sites for hydroxylation is 1. The number of likely N-dealkylation sites (tertiary alicyclic amines) is 1. The molecule has 0 radical (unpaired) electrons. The number of aromatic nitrogens is 2. The van der Waals surface area contributed by atoms with E-state index in [0.717, 1.165) is 87.0 Å². The Bertz CT molecular complexity index is 1840. The first-order valence-electron chi connectivity index (χ1n) is 17.5. The summed E-state index contributed by atoms with van der Waals surface area (Å²) in [6.07, 6.45) is 5.07. The number of rotatable bonds is 10. The van der Waals surface area contributed by atoms with Crippen LogP contribution in [0.1, 0.15) is 48.1 Å². The molecule has 0 bridgehead atoms. The molecule has 2 saturated heterocycles. The quantitative estimate of drug-likeness (QED) is 0.182. The Balaban J connectivity index is 1.08. The van der Waals surface area contributed by atoms with E-state index in [1.54, 1.807) is 14.2 Å². The van der Waals surface area contributed by atoms with Crippen LogP contribution in [0.3, 0.4) is 0 Å².